The van der Waals surface area contributed by atoms with Gasteiger partial charge in [0.25, 0.3) is 0 Å². The molecule has 0 rings (SSSR count). The predicted molar refractivity (Wildman–Crippen MR) is 26.3 cm³/mol. The van der Waals surface area contributed by atoms with Gasteiger partial charge in [-0.3, -0.25) is 0 Å². The molecule has 0 aliphatic heterocycles. The van der Waals surface area contributed by atoms with Crippen LogP contribution in [0.2, 0.25) is 0 Å². The Kier molecular flexibility index (Phi) is 21.2. The monoisotopic (exact) mass is 171 g/mol. The van der Waals surface area contributed by atoms with E-state index in [0.717, 1.165) is 12.8 Å². The zero-order valence-electron chi connectivity index (χ0n) is 5.08. The van der Waals surface area contributed by atoms with Crippen LogP contribution in [0, 0.1) is 0 Å². The van der Waals surface area contributed by atoms with Crippen LogP contribution < -0.4 is 0 Å². The molecule has 0 unspecified atom stereocenters. The van der Waals surface area contributed by atoms with Crippen LogP contribution in [0.1, 0.15) is 12.8 Å². The van der Waals surface area contributed by atoms with Crippen LogP contribution >= 0.6 is 0 Å². The molecular weight excluding hydrogens is 160 g/mol. The summed E-state index contributed by atoms with van der Waals surface area (Å²) in [5, 5.41) is 16.2. The Morgan fingerprint density at radius 1 is 1.11 bits per heavy atom. The Balaban J connectivity index is 0. The fourth-order valence-corrected chi connectivity index (χ4v) is 0.224. The van der Waals surface area contributed by atoms with Crippen LogP contribution in [-0.2, 0) is 22.8 Å². The van der Waals surface area contributed by atoms with Crippen molar-refractivity contribution in [3.05, 3.63) is 0 Å². The normalized spacial score (nSPS) is 7.00. The van der Waals surface area contributed by atoms with Gasteiger partial charge >= 0.3 is 26.5 Å². The standard InChI is InChI=1S/C4H10O2.H2O.O.Ti/c5-3-1-2-4-6;;;/h5-6H,1-4H2;1H2;;/q;;;+1/p-1. The summed E-state index contributed by atoms with van der Waals surface area (Å²) in [6, 6.07) is 0. The maximum absolute atomic E-state index is 8.61. The second kappa shape index (κ2) is 15.8. The van der Waals surface area contributed by atoms with Gasteiger partial charge in [0.2, 0.25) is 0 Å². The molecule has 55 valence electrons. The summed E-state index contributed by atoms with van der Waals surface area (Å²) >= 11 is -1.75. The Morgan fingerprint density at radius 3 is 1.44 bits per heavy atom. The van der Waals surface area contributed by atoms with Crippen molar-refractivity contribution in [3.63, 3.8) is 0 Å². The van der Waals surface area contributed by atoms with Crippen molar-refractivity contribution < 1.29 is 36.7 Å². The molecular formula is C4H11O4Ti. The first-order valence-electron chi connectivity index (χ1n) is 2.56. The van der Waals surface area contributed by atoms with Crippen molar-refractivity contribution >= 4 is 0 Å². The summed E-state index contributed by atoms with van der Waals surface area (Å²) in [5.41, 5.74) is 0. The van der Waals surface area contributed by atoms with Gasteiger partial charge in [-0.1, -0.05) is 0 Å². The first-order chi connectivity index (χ1) is 4.33. The summed E-state index contributed by atoms with van der Waals surface area (Å²) < 4.78 is 15.8. The maximum atomic E-state index is 8.61. The van der Waals surface area contributed by atoms with E-state index < -0.39 is 19.5 Å². The van der Waals surface area contributed by atoms with Crippen molar-refractivity contribution in [2.75, 3.05) is 13.2 Å². The van der Waals surface area contributed by atoms with E-state index in [1.807, 2.05) is 0 Å². The molecule has 5 heteroatoms. The number of aliphatic hydroxyl groups is 2. The minimum atomic E-state index is -1.75. The van der Waals surface area contributed by atoms with Crippen LogP contribution in [0.25, 0.3) is 0 Å². The van der Waals surface area contributed by atoms with Gasteiger partial charge in [0, 0.05) is 13.2 Å². The molecule has 0 fully saturated rings. The predicted octanol–water partition coefficient (Wildman–Crippen LogP) is -0.927. The zero-order chi connectivity index (χ0) is 7.54. The van der Waals surface area contributed by atoms with Crippen LogP contribution in [-0.4, -0.2) is 27.1 Å². The molecule has 9 heavy (non-hydrogen) atoms. The van der Waals surface area contributed by atoms with E-state index in [2.05, 4.69) is 0 Å². The zero-order valence-corrected chi connectivity index (χ0v) is 6.64. The number of rotatable bonds is 3. The molecule has 0 heterocycles. The van der Waals surface area contributed by atoms with Crippen molar-refractivity contribution in [1.82, 2.24) is 0 Å². The first kappa shape index (κ1) is 12.1. The van der Waals surface area contributed by atoms with Crippen molar-refractivity contribution in [2.24, 2.45) is 0 Å². The van der Waals surface area contributed by atoms with Gasteiger partial charge in [-0.2, -0.15) is 0 Å². The van der Waals surface area contributed by atoms with E-state index in [1.165, 1.54) is 0 Å². The quantitative estimate of drug-likeness (QED) is 0.378. The Hall–Kier alpha value is 0.394. The molecule has 0 amide bonds. The molecule has 0 bridgehead atoms. The molecule has 0 aromatic carbocycles. The van der Waals surface area contributed by atoms with E-state index in [0.29, 0.717) is 0 Å². The van der Waals surface area contributed by atoms with Gasteiger partial charge in [-0.15, -0.1) is 0 Å². The second-order valence-electron chi connectivity index (χ2n) is 1.25. The van der Waals surface area contributed by atoms with Gasteiger partial charge in [0.05, 0.1) is 0 Å². The summed E-state index contributed by atoms with van der Waals surface area (Å²) in [4.78, 5) is 0. The van der Waals surface area contributed by atoms with Crippen molar-refractivity contribution in [3.8, 4) is 0 Å². The van der Waals surface area contributed by atoms with Crippen LogP contribution in [0.15, 0.2) is 0 Å². The summed E-state index contributed by atoms with van der Waals surface area (Å²) in [7, 11) is 0. The average molecular weight is 171 g/mol. The molecule has 0 aromatic heterocycles. The molecule has 0 radical (unpaired) electrons. The molecule has 0 saturated heterocycles. The minimum absolute atomic E-state index is 0.195. The van der Waals surface area contributed by atoms with E-state index in [4.69, 9.17) is 17.2 Å². The number of hydrogen-bond donors (Lipinski definition) is 3. The molecule has 0 aromatic rings. The van der Waals surface area contributed by atoms with Crippen LogP contribution in [0.3, 0.4) is 0 Å². The van der Waals surface area contributed by atoms with Crippen LogP contribution in [0.5, 0.6) is 0 Å². The second-order valence-corrected chi connectivity index (χ2v) is 1.53. The Labute approximate surface area is 63.2 Å². The summed E-state index contributed by atoms with van der Waals surface area (Å²) in [6.07, 6.45) is 1.44. The van der Waals surface area contributed by atoms with Gasteiger partial charge in [0.1, 0.15) is 0 Å². The molecule has 0 aliphatic rings. The number of hydrogen-bond acceptors (Lipinski definition) is 3. The molecule has 3 N–H and O–H groups in total. The molecule has 0 saturated carbocycles. The molecule has 0 aliphatic carbocycles. The molecule has 0 atom stereocenters. The SMILES string of the molecule is OCCCCO.[O]=[Ti][OH]. The summed E-state index contributed by atoms with van der Waals surface area (Å²) in [6.45, 7) is 0.390. The van der Waals surface area contributed by atoms with Crippen molar-refractivity contribution in [1.29, 1.82) is 0 Å². The van der Waals surface area contributed by atoms with E-state index in [1.54, 1.807) is 0 Å². The fourth-order valence-electron chi connectivity index (χ4n) is 0.224. The molecule has 0 spiro atoms. The first-order valence-corrected chi connectivity index (χ1v) is 3.90. The number of unbranched alkanes of at least 4 members (excludes halogenated alkanes) is 1. The Bertz CT molecular complexity index is 45.8. The third kappa shape index (κ3) is 29.8. The third-order valence-electron chi connectivity index (χ3n) is 0.566. The van der Waals surface area contributed by atoms with Crippen molar-refractivity contribution in [2.45, 2.75) is 12.8 Å². The third-order valence-corrected chi connectivity index (χ3v) is 0.566. The van der Waals surface area contributed by atoms with Gasteiger partial charge in [0.15, 0.2) is 0 Å². The van der Waals surface area contributed by atoms with E-state index >= 15 is 0 Å². The van der Waals surface area contributed by atoms with E-state index in [-0.39, 0.29) is 13.2 Å². The fraction of sp³-hybridized carbons (Fsp3) is 1.00. The number of aliphatic hydroxyl groups excluding tert-OH is 2. The topological polar surface area (TPSA) is 77.8 Å². The molecule has 4 nitrogen and oxygen atoms in total. The van der Waals surface area contributed by atoms with Gasteiger partial charge in [-0.05, 0) is 12.8 Å². The Morgan fingerprint density at radius 2 is 1.33 bits per heavy atom. The van der Waals surface area contributed by atoms with Crippen LogP contribution in [0.4, 0.5) is 0 Å². The summed E-state index contributed by atoms with van der Waals surface area (Å²) in [5.74, 6) is 0. The van der Waals surface area contributed by atoms with Gasteiger partial charge in [-0.25, -0.2) is 0 Å². The van der Waals surface area contributed by atoms with Gasteiger partial charge < -0.3 is 10.2 Å². The van der Waals surface area contributed by atoms with E-state index in [9.17, 15) is 0 Å². The average Bonchev–Trinajstić information content (AvgIpc) is 1.86.